The molecule has 0 saturated heterocycles. The van der Waals surface area contributed by atoms with Crippen LogP contribution < -0.4 is 5.32 Å². The predicted molar refractivity (Wildman–Crippen MR) is 44.5 cm³/mol. The summed E-state index contributed by atoms with van der Waals surface area (Å²) < 4.78 is 34.9. The molecule has 0 aliphatic heterocycles. The molecule has 0 radical (unpaired) electrons. The molecule has 0 bridgehead atoms. The molecule has 13 heavy (non-hydrogen) atoms. The molecule has 0 aromatic heterocycles. The van der Waals surface area contributed by atoms with E-state index in [-0.39, 0.29) is 13.0 Å². The van der Waals surface area contributed by atoms with Gasteiger partial charge in [-0.05, 0) is 32.4 Å². The summed E-state index contributed by atoms with van der Waals surface area (Å²) in [4.78, 5) is 0. The number of halogens is 3. The SMILES string of the molecule is OCCCNCCCCC(F)(F)F. The Kier molecular flexibility index (Phi) is 6.99. The Labute approximate surface area is 76.1 Å². The Morgan fingerprint density at radius 2 is 1.62 bits per heavy atom. The lowest BCUT2D eigenvalue weighted by molar-refractivity contribution is -0.135. The molecule has 0 unspecified atom stereocenters. The molecule has 0 aliphatic carbocycles. The first-order valence-electron chi connectivity index (χ1n) is 4.44. The number of hydrogen-bond acceptors (Lipinski definition) is 2. The second-order valence-corrected chi connectivity index (χ2v) is 2.90. The number of unbranched alkanes of at least 4 members (excludes halogenated alkanes) is 1. The molecule has 0 amide bonds. The van der Waals surface area contributed by atoms with E-state index in [0.717, 1.165) is 0 Å². The smallest absolute Gasteiger partial charge is 0.389 e. The fraction of sp³-hybridized carbons (Fsp3) is 1.00. The van der Waals surface area contributed by atoms with E-state index in [1.807, 2.05) is 0 Å². The summed E-state index contributed by atoms with van der Waals surface area (Å²) in [6.45, 7) is 1.38. The molecule has 0 atom stereocenters. The van der Waals surface area contributed by atoms with Crippen LogP contribution in [0.15, 0.2) is 0 Å². The molecule has 5 heteroatoms. The number of aliphatic hydroxyl groups excluding tert-OH is 1. The van der Waals surface area contributed by atoms with Crippen molar-refractivity contribution in [3.8, 4) is 0 Å². The first kappa shape index (κ1) is 12.7. The summed E-state index contributed by atoms with van der Waals surface area (Å²) in [5.74, 6) is 0. The average Bonchev–Trinajstić information content (AvgIpc) is 2.01. The van der Waals surface area contributed by atoms with Gasteiger partial charge < -0.3 is 10.4 Å². The maximum Gasteiger partial charge on any atom is 0.389 e. The quantitative estimate of drug-likeness (QED) is 0.611. The zero-order valence-corrected chi connectivity index (χ0v) is 7.53. The van der Waals surface area contributed by atoms with Gasteiger partial charge in [-0.15, -0.1) is 0 Å². The number of aliphatic hydroxyl groups is 1. The van der Waals surface area contributed by atoms with Crippen LogP contribution in [0.2, 0.25) is 0 Å². The third-order valence-corrected chi connectivity index (χ3v) is 1.58. The molecule has 2 N–H and O–H groups in total. The van der Waals surface area contributed by atoms with Crippen LogP contribution in [0.3, 0.4) is 0 Å². The Hall–Kier alpha value is -0.290. The molecule has 0 saturated carbocycles. The number of alkyl halides is 3. The first-order chi connectivity index (χ1) is 6.06. The van der Waals surface area contributed by atoms with E-state index >= 15 is 0 Å². The summed E-state index contributed by atoms with van der Waals surface area (Å²) in [5.41, 5.74) is 0. The molecule has 2 nitrogen and oxygen atoms in total. The first-order valence-corrected chi connectivity index (χ1v) is 4.44. The Bertz CT molecular complexity index is 116. The van der Waals surface area contributed by atoms with E-state index in [9.17, 15) is 13.2 Å². The highest BCUT2D eigenvalue weighted by molar-refractivity contribution is 4.53. The fourth-order valence-corrected chi connectivity index (χ4v) is 0.905. The summed E-state index contributed by atoms with van der Waals surface area (Å²) in [5, 5.41) is 11.3. The third-order valence-electron chi connectivity index (χ3n) is 1.58. The summed E-state index contributed by atoms with van der Waals surface area (Å²) >= 11 is 0. The highest BCUT2D eigenvalue weighted by Gasteiger charge is 2.25. The molecule has 0 rings (SSSR count). The van der Waals surface area contributed by atoms with Crippen molar-refractivity contribution >= 4 is 0 Å². The van der Waals surface area contributed by atoms with Crippen LogP contribution in [-0.2, 0) is 0 Å². The molecule has 80 valence electrons. The van der Waals surface area contributed by atoms with E-state index in [0.29, 0.717) is 25.9 Å². The van der Waals surface area contributed by atoms with Gasteiger partial charge in [-0.3, -0.25) is 0 Å². The lowest BCUT2D eigenvalue weighted by Gasteiger charge is -2.06. The van der Waals surface area contributed by atoms with Crippen LogP contribution in [0, 0.1) is 0 Å². The standard InChI is InChI=1S/C8H16F3NO/c9-8(10,11)4-1-2-5-12-6-3-7-13/h12-13H,1-7H2. The molecule has 0 aromatic rings. The van der Waals surface area contributed by atoms with Crippen LogP contribution in [-0.4, -0.2) is 31.0 Å². The van der Waals surface area contributed by atoms with Crippen LogP contribution in [0.5, 0.6) is 0 Å². The average molecular weight is 199 g/mol. The van der Waals surface area contributed by atoms with Crippen molar-refractivity contribution < 1.29 is 18.3 Å². The molecule has 0 fully saturated rings. The molecule has 0 aliphatic rings. The number of rotatable bonds is 7. The third kappa shape index (κ3) is 11.7. The van der Waals surface area contributed by atoms with Crippen molar-refractivity contribution in [3.63, 3.8) is 0 Å². The predicted octanol–water partition coefficient (Wildman–Crippen LogP) is 1.69. The highest BCUT2D eigenvalue weighted by Crippen LogP contribution is 2.21. The lowest BCUT2D eigenvalue weighted by atomic mass is 10.2. The maximum atomic E-state index is 11.6. The molecular formula is C8H16F3NO. The monoisotopic (exact) mass is 199 g/mol. The Morgan fingerprint density at radius 3 is 2.15 bits per heavy atom. The lowest BCUT2D eigenvalue weighted by Crippen LogP contribution is -2.18. The van der Waals surface area contributed by atoms with Crippen LogP contribution in [0.4, 0.5) is 13.2 Å². The number of nitrogens with one attached hydrogen (secondary N) is 1. The van der Waals surface area contributed by atoms with Crippen LogP contribution in [0.25, 0.3) is 0 Å². The highest BCUT2D eigenvalue weighted by atomic mass is 19.4. The van der Waals surface area contributed by atoms with Gasteiger partial charge in [0.25, 0.3) is 0 Å². The Morgan fingerprint density at radius 1 is 1.00 bits per heavy atom. The Balaban J connectivity index is 3.00. The molecule has 0 spiro atoms. The minimum Gasteiger partial charge on any atom is -0.396 e. The summed E-state index contributed by atoms with van der Waals surface area (Å²) in [6.07, 6.45) is -3.36. The van der Waals surface area contributed by atoms with E-state index in [1.165, 1.54) is 0 Å². The molecule has 0 heterocycles. The second kappa shape index (κ2) is 7.15. The van der Waals surface area contributed by atoms with Gasteiger partial charge in [-0.2, -0.15) is 13.2 Å². The fourth-order valence-electron chi connectivity index (χ4n) is 0.905. The normalized spacial score (nSPS) is 12.0. The van der Waals surface area contributed by atoms with Gasteiger partial charge in [0.05, 0.1) is 0 Å². The van der Waals surface area contributed by atoms with Crippen molar-refractivity contribution in [3.05, 3.63) is 0 Å². The van der Waals surface area contributed by atoms with Gasteiger partial charge in [0.1, 0.15) is 0 Å². The van der Waals surface area contributed by atoms with Crippen molar-refractivity contribution in [2.45, 2.75) is 31.9 Å². The van der Waals surface area contributed by atoms with E-state index < -0.39 is 12.6 Å². The maximum absolute atomic E-state index is 11.6. The minimum absolute atomic E-state index is 0.121. The zero-order valence-electron chi connectivity index (χ0n) is 7.53. The zero-order chi connectivity index (χ0) is 10.2. The second-order valence-electron chi connectivity index (χ2n) is 2.90. The molecular weight excluding hydrogens is 183 g/mol. The summed E-state index contributed by atoms with van der Waals surface area (Å²) in [7, 11) is 0. The van der Waals surface area contributed by atoms with Crippen molar-refractivity contribution in [1.82, 2.24) is 5.32 Å². The van der Waals surface area contributed by atoms with Gasteiger partial charge in [0.15, 0.2) is 0 Å². The van der Waals surface area contributed by atoms with Crippen LogP contribution in [0.1, 0.15) is 25.7 Å². The van der Waals surface area contributed by atoms with Crippen molar-refractivity contribution in [2.75, 3.05) is 19.7 Å². The summed E-state index contributed by atoms with van der Waals surface area (Å²) in [6, 6.07) is 0. The van der Waals surface area contributed by atoms with E-state index in [1.54, 1.807) is 0 Å². The van der Waals surface area contributed by atoms with Crippen molar-refractivity contribution in [2.24, 2.45) is 0 Å². The van der Waals surface area contributed by atoms with Gasteiger partial charge in [0.2, 0.25) is 0 Å². The van der Waals surface area contributed by atoms with Crippen LogP contribution >= 0.6 is 0 Å². The van der Waals surface area contributed by atoms with Gasteiger partial charge in [-0.1, -0.05) is 0 Å². The largest absolute Gasteiger partial charge is 0.396 e. The topological polar surface area (TPSA) is 32.3 Å². The van der Waals surface area contributed by atoms with E-state index in [2.05, 4.69) is 5.32 Å². The minimum atomic E-state index is -4.02. The van der Waals surface area contributed by atoms with E-state index in [4.69, 9.17) is 5.11 Å². The van der Waals surface area contributed by atoms with Gasteiger partial charge >= 0.3 is 6.18 Å². The number of hydrogen-bond donors (Lipinski definition) is 2. The van der Waals surface area contributed by atoms with Gasteiger partial charge in [-0.25, -0.2) is 0 Å². The van der Waals surface area contributed by atoms with Crippen molar-refractivity contribution in [1.29, 1.82) is 0 Å². The van der Waals surface area contributed by atoms with Gasteiger partial charge in [0, 0.05) is 13.0 Å². The molecule has 0 aromatic carbocycles.